The first kappa shape index (κ1) is 24.5. The molecule has 0 heterocycles. The number of ether oxygens (including phenoxy) is 2. The molecule has 1 aromatic rings. The fraction of sp³-hybridized carbons (Fsp3) is 0.571. The predicted molar refractivity (Wildman–Crippen MR) is 125 cm³/mol. The Hall–Kier alpha value is -3.16. The molecule has 4 saturated carbocycles. The van der Waals surface area contributed by atoms with E-state index in [0.29, 0.717) is 12.8 Å². The zero-order valence-electron chi connectivity index (χ0n) is 21.4. The molecule has 0 aromatic heterocycles. The predicted octanol–water partition coefficient (Wildman–Crippen LogP) is 3.43. The standard InChI is InChI=1S/C28H30O8/c1-23(2)25(5)10-12-27(23,19(31)17(25)29)21(33)35-15-8-7-9-16(14-15)36-22(34)28-13-11-26(6,24(28,3)4)18(30)20(28)32/h7-9,14H,10-13H2,1-6H3. The SMILES string of the molecule is CC12CCC(C(=O)Oc3cccc(OC(=O)C45CCC(C)(C(=O)C4=O)C5(C)C)c3)(C(=O)C1=O)C2(C)C. The minimum Gasteiger partial charge on any atom is -0.426 e. The van der Waals surface area contributed by atoms with Crippen molar-refractivity contribution in [1.29, 1.82) is 0 Å². The van der Waals surface area contributed by atoms with Crippen LogP contribution in [0.5, 0.6) is 11.5 Å². The van der Waals surface area contributed by atoms with Gasteiger partial charge in [-0.05, 0) is 37.8 Å². The van der Waals surface area contributed by atoms with Crippen molar-refractivity contribution in [2.75, 3.05) is 0 Å². The number of hydrogen-bond acceptors (Lipinski definition) is 8. The van der Waals surface area contributed by atoms with Crippen LogP contribution in [0.15, 0.2) is 24.3 Å². The highest BCUT2D eigenvalue weighted by Gasteiger charge is 2.79. The number of rotatable bonds is 4. The molecule has 1 aromatic carbocycles. The van der Waals surface area contributed by atoms with Gasteiger partial charge in [0.1, 0.15) is 22.3 Å². The van der Waals surface area contributed by atoms with Gasteiger partial charge in [0.25, 0.3) is 0 Å². The van der Waals surface area contributed by atoms with E-state index >= 15 is 0 Å². The number of carbonyl (C=O) groups is 6. The Labute approximate surface area is 209 Å². The number of ketones is 4. The number of carbonyl (C=O) groups excluding carboxylic acids is 6. The lowest BCUT2D eigenvalue weighted by molar-refractivity contribution is -0.158. The first-order valence-corrected chi connectivity index (χ1v) is 12.3. The monoisotopic (exact) mass is 494 g/mol. The summed E-state index contributed by atoms with van der Waals surface area (Å²) in [6.45, 7) is 10.4. The van der Waals surface area contributed by atoms with E-state index in [1.165, 1.54) is 24.3 Å². The molecule has 4 aliphatic rings. The number of hydrogen-bond donors (Lipinski definition) is 0. The van der Waals surface area contributed by atoms with Gasteiger partial charge in [0.05, 0.1) is 0 Å². The Morgan fingerprint density at radius 3 is 1.28 bits per heavy atom. The van der Waals surface area contributed by atoms with Crippen molar-refractivity contribution >= 4 is 35.1 Å². The second-order valence-electron chi connectivity index (χ2n) is 12.3. The van der Waals surface area contributed by atoms with Gasteiger partial charge in [0.15, 0.2) is 0 Å². The molecule has 8 heteroatoms. The normalized spacial score (nSPS) is 37.5. The van der Waals surface area contributed by atoms with Crippen molar-refractivity contribution in [2.45, 2.75) is 67.2 Å². The summed E-state index contributed by atoms with van der Waals surface area (Å²) < 4.78 is 11.2. The van der Waals surface area contributed by atoms with Crippen LogP contribution in [0.1, 0.15) is 67.2 Å². The second-order valence-corrected chi connectivity index (χ2v) is 12.3. The van der Waals surface area contributed by atoms with E-state index in [1.54, 1.807) is 41.5 Å². The third kappa shape index (κ3) is 2.32. The minimum atomic E-state index is -1.57. The molecule has 4 fully saturated rings. The van der Waals surface area contributed by atoms with Crippen molar-refractivity contribution in [3.63, 3.8) is 0 Å². The van der Waals surface area contributed by atoms with Gasteiger partial charge in [0, 0.05) is 27.7 Å². The summed E-state index contributed by atoms with van der Waals surface area (Å²) in [5.41, 5.74) is -6.81. The number of fused-ring (bicyclic) bond motifs is 4. The van der Waals surface area contributed by atoms with Crippen LogP contribution < -0.4 is 9.47 Å². The second kappa shape index (κ2) is 6.78. The lowest BCUT2D eigenvalue weighted by Crippen LogP contribution is -2.47. The molecule has 0 N–H and O–H groups in total. The Morgan fingerprint density at radius 1 is 0.611 bits per heavy atom. The molecule has 190 valence electrons. The molecular weight excluding hydrogens is 464 g/mol. The van der Waals surface area contributed by atoms with Crippen LogP contribution in [-0.2, 0) is 28.8 Å². The first-order valence-electron chi connectivity index (χ1n) is 12.3. The first-order chi connectivity index (χ1) is 16.5. The van der Waals surface area contributed by atoms with Gasteiger partial charge >= 0.3 is 11.9 Å². The van der Waals surface area contributed by atoms with Crippen LogP contribution in [0.2, 0.25) is 0 Å². The van der Waals surface area contributed by atoms with Crippen LogP contribution in [0.4, 0.5) is 0 Å². The van der Waals surface area contributed by atoms with Gasteiger partial charge in [-0.25, -0.2) is 0 Å². The Morgan fingerprint density at radius 2 is 0.972 bits per heavy atom. The minimum absolute atomic E-state index is 0.0399. The fourth-order valence-corrected chi connectivity index (χ4v) is 7.43. The van der Waals surface area contributed by atoms with E-state index in [-0.39, 0.29) is 24.3 Å². The average molecular weight is 495 g/mol. The zero-order chi connectivity index (χ0) is 26.7. The van der Waals surface area contributed by atoms with Crippen molar-refractivity contribution in [3.8, 4) is 11.5 Å². The lowest BCUT2D eigenvalue weighted by atomic mass is 9.65. The topological polar surface area (TPSA) is 121 Å². The number of Topliss-reactive ketones (excluding diaryl/α,β-unsaturated/α-hetero) is 4. The molecule has 4 unspecified atom stereocenters. The highest BCUT2D eigenvalue weighted by Crippen LogP contribution is 2.70. The summed E-state index contributed by atoms with van der Waals surface area (Å²) in [6.07, 6.45) is 1.28. The lowest BCUT2D eigenvalue weighted by Gasteiger charge is -2.36. The van der Waals surface area contributed by atoms with Crippen molar-refractivity contribution < 1.29 is 38.2 Å². The van der Waals surface area contributed by atoms with Crippen molar-refractivity contribution in [3.05, 3.63) is 24.3 Å². The third-order valence-corrected chi connectivity index (χ3v) is 11.0. The van der Waals surface area contributed by atoms with Gasteiger partial charge in [-0.15, -0.1) is 0 Å². The largest absolute Gasteiger partial charge is 0.426 e. The molecule has 0 spiro atoms. The highest BCUT2D eigenvalue weighted by atomic mass is 16.5. The maximum Gasteiger partial charge on any atom is 0.326 e. The molecule has 0 radical (unpaired) electrons. The zero-order valence-corrected chi connectivity index (χ0v) is 21.4. The maximum absolute atomic E-state index is 13.4. The van der Waals surface area contributed by atoms with Crippen molar-refractivity contribution in [1.82, 2.24) is 0 Å². The van der Waals surface area contributed by atoms with Crippen LogP contribution in [0.3, 0.4) is 0 Å². The molecule has 0 aliphatic heterocycles. The van der Waals surface area contributed by atoms with Crippen LogP contribution >= 0.6 is 0 Å². The van der Waals surface area contributed by atoms with Crippen LogP contribution in [-0.4, -0.2) is 35.1 Å². The van der Waals surface area contributed by atoms with Gasteiger partial charge in [-0.3, -0.25) is 28.8 Å². The number of esters is 2. The summed E-state index contributed by atoms with van der Waals surface area (Å²) in [4.78, 5) is 78.0. The number of benzene rings is 1. The van der Waals surface area contributed by atoms with Gasteiger partial charge < -0.3 is 9.47 Å². The van der Waals surface area contributed by atoms with E-state index in [1.807, 2.05) is 0 Å². The fourth-order valence-electron chi connectivity index (χ4n) is 7.43. The van der Waals surface area contributed by atoms with E-state index in [4.69, 9.17) is 9.47 Å². The summed E-state index contributed by atoms with van der Waals surface area (Å²) in [7, 11) is 0. The third-order valence-electron chi connectivity index (χ3n) is 11.0. The molecule has 0 saturated heterocycles. The summed E-state index contributed by atoms with van der Waals surface area (Å²) in [6, 6.07) is 5.80. The van der Waals surface area contributed by atoms with E-state index in [2.05, 4.69) is 0 Å². The van der Waals surface area contributed by atoms with E-state index in [0.717, 1.165) is 0 Å². The molecule has 8 nitrogen and oxygen atoms in total. The van der Waals surface area contributed by atoms with Gasteiger partial charge in [0.2, 0.25) is 23.1 Å². The van der Waals surface area contributed by atoms with Crippen LogP contribution in [0, 0.1) is 32.5 Å². The van der Waals surface area contributed by atoms with Crippen LogP contribution in [0.25, 0.3) is 0 Å². The molecule has 0 amide bonds. The van der Waals surface area contributed by atoms with E-state index < -0.39 is 67.6 Å². The Kier molecular flexibility index (Phi) is 4.62. The average Bonchev–Trinajstić information content (AvgIpc) is 3.24. The molecule has 5 rings (SSSR count). The van der Waals surface area contributed by atoms with E-state index in [9.17, 15) is 28.8 Å². The summed E-state index contributed by atoms with van der Waals surface area (Å²) in [5, 5.41) is 0. The quantitative estimate of drug-likeness (QED) is 0.270. The van der Waals surface area contributed by atoms with Gasteiger partial charge in [-0.1, -0.05) is 47.6 Å². The Balaban J connectivity index is 1.40. The molecule has 4 bridgehead atoms. The molecule has 4 atom stereocenters. The summed E-state index contributed by atoms with van der Waals surface area (Å²) in [5.74, 6) is -4.06. The highest BCUT2D eigenvalue weighted by molar-refractivity contribution is 6.49. The van der Waals surface area contributed by atoms with Crippen molar-refractivity contribution in [2.24, 2.45) is 32.5 Å². The smallest absolute Gasteiger partial charge is 0.326 e. The Bertz CT molecular complexity index is 1210. The maximum atomic E-state index is 13.4. The molecule has 4 aliphatic carbocycles. The molecular formula is C28H30O8. The van der Waals surface area contributed by atoms with Gasteiger partial charge in [-0.2, -0.15) is 0 Å². The summed E-state index contributed by atoms with van der Waals surface area (Å²) >= 11 is 0. The molecule has 36 heavy (non-hydrogen) atoms.